The van der Waals surface area contributed by atoms with E-state index in [4.69, 9.17) is 26.8 Å². The van der Waals surface area contributed by atoms with Gasteiger partial charge in [0.15, 0.2) is 11.5 Å². The van der Waals surface area contributed by atoms with Crippen LogP contribution in [0.3, 0.4) is 0 Å². The van der Waals surface area contributed by atoms with Crippen LogP contribution in [0.25, 0.3) is 0 Å². The average molecular weight is 286 g/mol. The molecule has 1 aromatic rings. The predicted molar refractivity (Wildman–Crippen MR) is 80.1 cm³/mol. The molecule has 1 unspecified atom stereocenters. The Hall–Kier alpha value is -0.930. The standard InChI is InChI=1S/C15H24ClNO2/c1-10(2)18-13-7-6-12(9-15(5,16)17)8-14(13)19-11(3)4/h6-8,10-11H,9,17H2,1-5H3. The monoisotopic (exact) mass is 285 g/mol. The Labute approximate surface area is 121 Å². The highest BCUT2D eigenvalue weighted by Gasteiger charge is 2.17. The molecular weight excluding hydrogens is 262 g/mol. The lowest BCUT2D eigenvalue weighted by Crippen LogP contribution is -2.31. The van der Waals surface area contributed by atoms with Crippen LogP contribution in [0.1, 0.15) is 40.2 Å². The summed E-state index contributed by atoms with van der Waals surface area (Å²) < 4.78 is 11.5. The van der Waals surface area contributed by atoms with E-state index in [1.807, 2.05) is 45.9 Å². The van der Waals surface area contributed by atoms with E-state index in [2.05, 4.69) is 0 Å². The lowest BCUT2D eigenvalue weighted by atomic mass is 10.1. The Morgan fingerprint density at radius 3 is 2.11 bits per heavy atom. The maximum atomic E-state index is 6.06. The minimum absolute atomic E-state index is 0.0880. The molecule has 1 atom stereocenters. The van der Waals surface area contributed by atoms with Crippen LogP contribution in [0.5, 0.6) is 11.5 Å². The van der Waals surface area contributed by atoms with Crippen LogP contribution in [0.4, 0.5) is 0 Å². The molecule has 0 aromatic heterocycles. The smallest absolute Gasteiger partial charge is 0.161 e. The third-order valence-electron chi connectivity index (χ3n) is 2.28. The molecule has 0 aliphatic carbocycles. The Morgan fingerprint density at radius 2 is 1.63 bits per heavy atom. The molecule has 0 saturated carbocycles. The zero-order valence-electron chi connectivity index (χ0n) is 12.4. The minimum atomic E-state index is -0.754. The predicted octanol–water partition coefficient (Wildman–Crippen LogP) is 3.72. The van der Waals surface area contributed by atoms with Gasteiger partial charge in [0.1, 0.15) is 0 Å². The fourth-order valence-corrected chi connectivity index (χ4v) is 1.91. The zero-order valence-corrected chi connectivity index (χ0v) is 13.1. The number of hydrogen-bond acceptors (Lipinski definition) is 3. The highest BCUT2D eigenvalue weighted by molar-refractivity contribution is 6.23. The number of hydrogen-bond donors (Lipinski definition) is 1. The van der Waals surface area contributed by atoms with E-state index in [0.29, 0.717) is 6.42 Å². The van der Waals surface area contributed by atoms with Gasteiger partial charge in [0, 0.05) is 6.42 Å². The number of ether oxygens (including phenoxy) is 2. The lowest BCUT2D eigenvalue weighted by Gasteiger charge is -2.20. The van der Waals surface area contributed by atoms with Gasteiger partial charge in [-0.05, 0) is 52.3 Å². The Balaban J connectivity index is 3.00. The van der Waals surface area contributed by atoms with Gasteiger partial charge in [-0.25, -0.2) is 0 Å². The van der Waals surface area contributed by atoms with Gasteiger partial charge in [-0.3, -0.25) is 0 Å². The molecular formula is C15H24ClNO2. The molecule has 19 heavy (non-hydrogen) atoms. The highest BCUT2D eigenvalue weighted by Crippen LogP contribution is 2.31. The molecule has 108 valence electrons. The molecule has 0 radical (unpaired) electrons. The Morgan fingerprint density at radius 1 is 1.11 bits per heavy atom. The Kier molecular flexibility index (Phi) is 5.50. The summed E-state index contributed by atoms with van der Waals surface area (Å²) in [5.41, 5.74) is 6.86. The second kappa shape index (κ2) is 6.49. The van der Waals surface area contributed by atoms with Crippen LogP contribution < -0.4 is 15.2 Å². The van der Waals surface area contributed by atoms with Crippen LogP contribution in [0.15, 0.2) is 18.2 Å². The van der Waals surface area contributed by atoms with Gasteiger partial charge in [-0.1, -0.05) is 6.07 Å². The van der Waals surface area contributed by atoms with Crippen molar-refractivity contribution in [2.75, 3.05) is 0 Å². The molecule has 2 N–H and O–H groups in total. The topological polar surface area (TPSA) is 44.5 Å². The van der Waals surface area contributed by atoms with E-state index in [0.717, 1.165) is 17.1 Å². The highest BCUT2D eigenvalue weighted by atomic mass is 35.5. The first-order valence-corrected chi connectivity index (χ1v) is 6.99. The second-order valence-corrected chi connectivity index (χ2v) is 6.43. The maximum absolute atomic E-state index is 6.06. The van der Waals surface area contributed by atoms with Gasteiger partial charge in [0.25, 0.3) is 0 Å². The average Bonchev–Trinajstić information content (AvgIpc) is 2.18. The van der Waals surface area contributed by atoms with Crippen molar-refractivity contribution in [3.63, 3.8) is 0 Å². The summed E-state index contributed by atoms with van der Waals surface area (Å²) in [4.78, 5) is -0.754. The molecule has 0 fully saturated rings. The summed E-state index contributed by atoms with van der Waals surface area (Å²) in [6.07, 6.45) is 0.767. The van der Waals surface area contributed by atoms with E-state index >= 15 is 0 Å². The lowest BCUT2D eigenvalue weighted by molar-refractivity contribution is 0.198. The van der Waals surface area contributed by atoms with Gasteiger partial charge >= 0.3 is 0 Å². The molecule has 0 aliphatic heterocycles. The first-order chi connectivity index (χ1) is 8.67. The van der Waals surface area contributed by atoms with Crippen LogP contribution in [-0.2, 0) is 6.42 Å². The zero-order chi connectivity index (χ0) is 14.6. The van der Waals surface area contributed by atoms with Crippen LogP contribution >= 0.6 is 11.6 Å². The van der Waals surface area contributed by atoms with E-state index in [1.54, 1.807) is 6.92 Å². The van der Waals surface area contributed by atoms with Gasteiger partial charge in [0.05, 0.1) is 17.2 Å². The fourth-order valence-electron chi connectivity index (χ4n) is 1.76. The SMILES string of the molecule is CC(C)Oc1ccc(CC(C)(N)Cl)cc1OC(C)C. The maximum Gasteiger partial charge on any atom is 0.161 e. The summed E-state index contributed by atoms with van der Waals surface area (Å²) in [6, 6.07) is 5.83. The van der Waals surface area contributed by atoms with Crippen molar-refractivity contribution < 1.29 is 9.47 Å². The van der Waals surface area contributed by atoms with Crippen molar-refractivity contribution in [1.82, 2.24) is 0 Å². The van der Waals surface area contributed by atoms with Crippen LogP contribution in [-0.4, -0.2) is 17.2 Å². The van der Waals surface area contributed by atoms with Crippen molar-refractivity contribution in [2.45, 2.75) is 58.2 Å². The molecule has 0 heterocycles. The van der Waals surface area contributed by atoms with Gasteiger partial charge in [0.2, 0.25) is 0 Å². The van der Waals surface area contributed by atoms with Crippen molar-refractivity contribution in [3.8, 4) is 11.5 Å². The number of benzene rings is 1. The normalized spacial score (nSPS) is 14.6. The second-order valence-electron chi connectivity index (χ2n) is 5.57. The molecule has 1 rings (SSSR count). The summed E-state index contributed by atoms with van der Waals surface area (Å²) in [5.74, 6) is 1.49. The molecule has 1 aromatic carbocycles. The van der Waals surface area contributed by atoms with Gasteiger partial charge in [-0.15, -0.1) is 11.6 Å². The minimum Gasteiger partial charge on any atom is -0.487 e. The number of nitrogens with two attached hydrogens (primary N) is 1. The summed E-state index contributed by atoms with van der Waals surface area (Å²) in [7, 11) is 0. The summed E-state index contributed by atoms with van der Waals surface area (Å²) in [6.45, 7) is 9.74. The third-order valence-corrected chi connectivity index (χ3v) is 2.42. The Bertz CT molecular complexity index is 411. The van der Waals surface area contributed by atoms with Crippen LogP contribution in [0.2, 0.25) is 0 Å². The first kappa shape index (κ1) is 16.1. The number of alkyl halides is 1. The van der Waals surface area contributed by atoms with E-state index < -0.39 is 5.00 Å². The number of rotatable bonds is 6. The molecule has 0 bridgehead atoms. The van der Waals surface area contributed by atoms with Crippen molar-refractivity contribution >= 4 is 11.6 Å². The first-order valence-electron chi connectivity index (χ1n) is 6.61. The van der Waals surface area contributed by atoms with Crippen LogP contribution in [0, 0.1) is 0 Å². The van der Waals surface area contributed by atoms with E-state index in [9.17, 15) is 0 Å². The molecule has 0 saturated heterocycles. The third kappa shape index (κ3) is 6.17. The largest absolute Gasteiger partial charge is 0.487 e. The molecule has 0 amide bonds. The van der Waals surface area contributed by atoms with Crippen molar-refractivity contribution in [1.29, 1.82) is 0 Å². The molecule has 4 heteroatoms. The fraction of sp³-hybridized carbons (Fsp3) is 0.600. The van der Waals surface area contributed by atoms with Crippen molar-refractivity contribution in [3.05, 3.63) is 23.8 Å². The number of halogens is 1. The van der Waals surface area contributed by atoms with Gasteiger partial charge < -0.3 is 15.2 Å². The van der Waals surface area contributed by atoms with E-state index in [1.165, 1.54) is 0 Å². The molecule has 0 spiro atoms. The van der Waals surface area contributed by atoms with Gasteiger partial charge in [-0.2, -0.15) is 0 Å². The quantitative estimate of drug-likeness (QED) is 0.640. The summed E-state index contributed by atoms with van der Waals surface area (Å²) in [5, 5.41) is 0. The van der Waals surface area contributed by atoms with Crippen molar-refractivity contribution in [2.24, 2.45) is 5.73 Å². The molecule has 3 nitrogen and oxygen atoms in total. The molecule has 0 aliphatic rings. The summed E-state index contributed by atoms with van der Waals surface area (Å²) >= 11 is 6.06. The van der Waals surface area contributed by atoms with E-state index in [-0.39, 0.29) is 12.2 Å².